The number of allylic oxidation sites excluding steroid dienone is 1. The van der Waals surface area contributed by atoms with Gasteiger partial charge in [-0.2, -0.15) is 0 Å². The molecule has 88 valence electrons. The zero-order valence-electron chi connectivity index (χ0n) is 8.97. The lowest BCUT2D eigenvalue weighted by atomic mass is 10.1. The smallest absolute Gasteiger partial charge is 0.322 e. The molecule has 0 saturated heterocycles. The number of aliphatic carboxylic acids is 1. The van der Waals surface area contributed by atoms with Gasteiger partial charge in [0.05, 0.1) is 0 Å². The number of nitrogens with one attached hydrogen (secondary N) is 1. The molecule has 0 spiro atoms. The molecule has 2 N–H and O–H groups in total. The number of amides is 1. The quantitative estimate of drug-likeness (QED) is 0.806. The van der Waals surface area contributed by atoms with Crippen LogP contribution in [-0.2, 0) is 16.0 Å². The van der Waals surface area contributed by atoms with E-state index in [4.69, 9.17) is 9.84 Å². The minimum absolute atomic E-state index is 0.143. The Labute approximate surface area is 97.7 Å². The zero-order chi connectivity index (χ0) is 12.3. The Hall–Kier alpha value is -2.30. The predicted molar refractivity (Wildman–Crippen MR) is 59.5 cm³/mol. The van der Waals surface area contributed by atoms with Crippen LogP contribution in [-0.4, -0.2) is 23.5 Å². The Balaban J connectivity index is 2.03. The lowest BCUT2D eigenvalue weighted by Crippen LogP contribution is -2.32. The summed E-state index contributed by atoms with van der Waals surface area (Å²) in [6, 6.07) is 7.40. The van der Waals surface area contributed by atoms with Gasteiger partial charge in [-0.15, -0.1) is 0 Å². The number of carboxylic acid groups (broad SMARTS) is 1. The van der Waals surface area contributed by atoms with Crippen LogP contribution in [0.1, 0.15) is 5.56 Å². The van der Waals surface area contributed by atoms with Crippen LogP contribution in [0.2, 0.25) is 0 Å². The second-order valence-electron chi connectivity index (χ2n) is 3.56. The van der Waals surface area contributed by atoms with Gasteiger partial charge in [-0.25, -0.2) is 0 Å². The molecule has 1 aliphatic rings. The molecule has 0 saturated carbocycles. The van der Waals surface area contributed by atoms with Crippen molar-refractivity contribution in [3.05, 3.63) is 41.7 Å². The molecule has 0 radical (unpaired) electrons. The minimum atomic E-state index is -1.09. The van der Waals surface area contributed by atoms with Crippen LogP contribution in [0.15, 0.2) is 36.1 Å². The molecule has 2 rings (SSSR count). The fraction of sp³-hybridized carbons (Fsp3) is 0.167. The van der Waals surface area contributed by atoms with Gasteiger partial charge in [-0.1, -0.05) is 18.2 Å². The lowest BCUT2D eigenvalue weighted by Gasteiger charge is -2.17. The summed E-state index contributed by atoms with van der Waals surface area (Å²) < 4.78 is 5.38. The highest BCUT2D eigenvalue weighted by atomic mass is 16.5. The van der Waals surface area contributed by atoms with E-state index in [0.29, 0.717) is 12.2 Å². The first-order chi connectivity index (χ1) is 8.16. The summed E-state index contributed by atoms with van der Waals surface area (Å²) in [6.45, 7) is -0.415. The van der Waals surface area contributed by atoms with Crippen LogP contribution in [0.4, 0.5) is 0 Å². The van der Waals surface area contributed by atoms with Gasteiger partial charge in [-0.05, 0) is 24.1 Å². The average molecular weight is 233 g/mol. The van der Waals surface area contributed by atoms with Crippen molar-refractivity contribution in [3.8, 4) is 5.75 Å². The second kappa shape index (κ2) is 4.69. The Morgan fingerprint density at radius 1 is 1.35 bits per heavy atom. The molecule has 5 nitrogen and oxygen atoms in total. The van der Waals surface area contributed by atoms with Crippen LogP contribution in [0.3, 0.4) is 0 Å². The van der Waals surface area contributed by atoms with E-state index in [1.807, 2.05) is 18.2 Å². The van der Waals surface area contributed by atoms with E-state index in [1.54, 1.807) is 12.1 Å². The molecule has 5 heteroatoms. The highest BCUT2D eigenvalue weighted by Crippen LogP contribution is 2.25. The number of carboxylic acids is 1. The van der Waals surface area contributed by atoms with E-state index in [0.717, 1.165) is 5.56 Å². The van der Waals surface area contributed by atoms with Gasteiger partial charge in [0.25, 0.3) is 5.91 Å². The molecule has 1 heterocycles. The van der Waals surface area contributed by atoms with Crippen molar-refractivity contribution in [2.75, 3.05) is 6.54 Å². The number of carbonyl (C=O) groups excluding carboxylic acids is 1. The number of carbonyl (C=O) groups is 2. The van der Waals surface area contributed by atoms with Crippen molar-refractivity contribution in [1.29, 1.82) is 0 Å². The minimum Gasteiger partial charge on any atom is -0.480 e. The maximum atomic E-state index is 11.5. The third-order valence-electron chi connectivity index (χ3n) is 2.32. The summed E-state index contributed by atoms with van der Waals surface area (Å²) in [5.41, 5.74) is 1.00. The number of rotatable bonds is 3. The van der Waals surface area contributed by atoms with Gasteiger partial charge in [0.1, 0.15) is 12.3 Å². The maximum Gasteiger partial charge on any atom is 0.322 e. The van der Waals surface area contributed by atoms with Gasteiger partial charge in [0, 0.05) is 0 Å². The summed E-state index contributed by atoms with van der Waals surface area (Å²) in [7, 11) is 0. The third-order valence-corrected chi connectivity index (χ3v) is 2.32. The number of hydrogen-bond acceptors (Lipinski definition) is 3. The third kappa shape index (κ3) is 2.63. The normalized spacial score (nSPS) is 13.1. The highest BCUT2D eigenvalue weighted by molar-refractivity contribution is 5.94. The Kier molecular flexibility index (Phi) is 3.09. The van der Waals surface area contributed by atoms with E-state index in [1.165, 1.54) is 0 Å². The van der Waals surface area contributed by atoms with Gasteiger partial charge in [0.15, 0.2) is 5.76 Å². The molecule has 1 aromatic rings. The largest absolute Gasteiger partial charge is 0.480 e. The molecule has 0 bridgehead atoms. The topological polar surface area (TPSA) is 75.6 Å². The number of benzene rings is 1. The standard InChI is InChI=1S/C12H11NO4/c14-11(15)7-13-12(16)10-6-5-8-3-1-2-4-9(8)17-10/h1-4,6H,5,7H2,(H,13,16)(H,14,15). The van der Waals surface area contributed by atoms with E-state index in [9.17, 15) is 9.59 Å². The summed E-state index contributed by atoms with van der Waals surface area (Å²) in [4.78, 5) is 21.9. The molecule has 0 unspecified atom stereocenters. The van der Waals surface area contributed by atoms with Crippen LogP contribution in [0, 0.1) is 0 Å². The Morgan fingerprint density at radius 3 is 2.88 bits per heavy atom. The summed E-state index contributed by atoms with van der Waals surface area (Å²) in [5.74, 6) is -0.822. The molecular weight excluding hydrogens is 222 g/mol. The number of para-hydroxylation sites is 1. The average Bonchev–Trinajstić information content (AvgIpc) is 2.35. The molecule has 1 aromatic carbocycles. The van der Waals surface area contributed by atoms with Crippen LogP contribution in [0.5, 0.6) is 5.75 Å². The second-order valence-corrected chi connectivity index (χ2v) is 3.56. The van der Waals surface area contributed by atoms with Crippen molar-refractivity contribution in [1.82, 2.24) is 5.32 Å². The van der Waals surface area contributed by atoms with E-state index in [-0.39, 0.29) is 5.76 Å². The first-order valence-electron chi connectivity index (χ1n) is 5.13. The van der Waals surface area contributed by atoms with Crippen molar-refractivity contribution in [2.24, 2.45) is 0 Å². The van der Waals surface area contributed by atoms with Crippen molar-refractivity contribution >= 4 is 11.9 Å². The SMILES string of the molecule is O=C(O)CNC(=O)C1=CCc2ccccc2O1. The molecule has 1 amide bonds. The maximum absolute atomic E-state index is 11.5. The summed E-state index contributed by atoms with van der Waals surface area (Å²) in [6.07, 6.45) is 2.24. The van der Waals surface area contributed by atoms with Crippen molar-refractivity contribution in [2.45, 2.75) is 6.42 Å². The molecule has 0 aromatic heterocycles. The van der Waals surface area contributed by atoms with Gasteiger partial charge >= 0.3 is 5.97 Å². The van der Waals surface area contributed by atoms with E-state index in [2.05, 4.69) is 5.32 Å². The fourth-order valence-electron chi connectivity index (χ4n) is 1.52. The molecular formula is C12H11NO4. The van der Waals surface area contributed by atoms with Gasteiger partial charge < -0.3 is 15.2 Å². The summed E-state index contributed by atoms with van der Waals surface area (Å²) in [5, 5.41) is 10.7. The van der Waals surface area contributed by atoms with Crippen molar-refractivity contribution in [3.63, 3.8) is 0 Å². The van der Waals surface area contributed by atoms with Crippen LogP contribution < -0.4 is 10.1 Å². The van der Waals surface area contributed by atoms with Crippen LogP contribution >= 0.6 is 0 Å². The monoisotopic (exact) mass is 233 g/mol. The Bertz CT molecular complexity index is 493. The number of ether oxygens (including phenoxy) is 1. The molecule has 17 heavy (non-hydrogen) atoms. The van der Waals surface area contributed by atoms with Crippen LogP contribution in [0.25, 0.3) is 0 Å². The lowest BCUT2D eigenvalue weighted by molar-refractivity contribution is -0.137. The molecule has 0 aliphatic carbocycles. The van der Waals surface area contributed by atoms with Gasteiger partial charge in [-0.3, -0.25) is 9.59 Å². The van der Waals surface area contributed by atoms with Gasteiger partial charge in [0.2, 0.25) is 0 Å². The molecule has 0 fully saturated rings. The number of hydrogen-bond donors (Lipinski definition) is 2. The number of fused-ring (bicyclic) bond motifs is 1. The zero-order valence-corrected chi connectivity index (χ0v) is 8.97. The van der Waals surface area contributed by atoms with Crippen molar-refractivity contribution < 1.29 is 19.4 Å². The van der Waals surface area contributed by atoms with E-state index >= 15 is 0 Å². The predicted octanol–water partition coefficient (Wildman–Crippen LogP) is 0.706. The Morgan fingerprint density at radius 2 is 2.12 bits per heavy atom. The highest BCUT2D eigenvalue weighted by Gasteiger charge is 2.18. The molecule has 0 atom stereocenters. The molecule has 1 aliphatic heterocycles. The first-order valence-corrected chi connectivity index (χ1v) is 5.13. The first kappa shape index (κ1) is 11.2. The summed E-state index contributed by atoms with van der Waals surface area (Å²) >= 11 is 0. The van der Waals surface area contributed by atoms with E-state index < -0.39 is 18.4 Å². The fourth-order valence-corrected chi connectivity index (χ4v) is 1.52.